The number of Topliss-reactive ketones (excluding diaryl/α,β-unsaturated/α-hetero) is 1. The topological polar surface area (TPSA) is 43.1 Å². The van der Waals surface area contributed by atoms with Gasteiger partial charge >= 0.3 is 0 Å². The van der Waals surface area contributed by atoms with E-state index in [1.54, 1.807) is 6.92 Å². The van der Waals surface area contributed by atoms with Crippen LogP contribution in [0.1, 0.15) is 49.5 Å². The van der Waals surface area contributed by atoms with Crippen molar-refractivity contribution < 1.29 is 9.32 Å². The van der Waals surface area contributed by atoms with Crippen molar-refractivity contribution in [2.24, 2.45) is 0 Å². The average Bonchev–Trinajstić information content (AvgIpc) is 2.28. The lowest BCUT2D eigenvalue weighted by Gasteiger charge is -2.15. The van der Waals surface area contributed by atoms with Crippen molar-refractivity contribution in [2.75, 3.05) is 0 Å². The molecule has 0 spiro atoms. The second kappa shape index (κ2) is 2.98. The van der Waals surface area contributed by atoms with Crippen LogP contribution in [0.3, 0.4) is 0 Å². The number of hydrogen-bond acceptors (Lipinski definition) is 3. The van der Waals surface area contributed by atoms with E-state index in [4.69, 9.17) is 4.52 Å². The smallest absolute Gasteiger partial charge is 0.165 e. The second-order valence-electron chi connectivity index (χ2n) is 4.27. The first kappa shape index (κ1) is 9.96. The third-order valence-electron chi connectivity index (χ3n) is 1.93. The fourth-order valence-electron chi connectivity index (χ4n) is 1.30. The predicted molar refractivity (Wildman–Crippen MR) is 49.9 cm³/mol. The zero-order chi connectivity index (χ0) is 10.2. The number of aryl methyl sites for hydroxylation is 1. The number of ketones is 1. The minimum atomic E-state index is -0.140. The summed E-state index contributed by atoms with van der Waals surface area (Å²) in [6.07, 6.45) is 0. The zero-order valence-electron chi connectivity index (χ0n) is 8.76. The van der Waals surface area contributed by atoms with Gasteiger partial charge in [-0.1, -0.05) is 25.9 Å². The van der Waals surface area contributed by atoms with E-state index >= 15 is 0 Å². The maximum atomic E-state index is 11.3. The number of rotatable bonds is 1. The van der Waals surface area contributed by atoms with E-state index < -0.39 is 0 Å². The van der Waals surface area contributed by atoms with Gasteiger partial charge in [0.1, 0.15) is 5.76 Å². The van der Waals surface area contributed by atoms with Gasteiger partial charge in [-0.2, -0.15) is 0 Å². The van der Waals surface area contributed by atoms with E-state index in [2.05, 4.69) is 5.16 Å². The van der Waals surface area contributed by atoms with E-state index in [1.807, 2.05) is 20.8 Å². The second-order valence-corrected chi connectivity index (χ2v) is 4.27. The highest BCUT2D eigenvalue weighted by atomic mass is 16.5. The van der Waals surface area contributed by atoms with Crippen LogP contribution < -0.4 is 0 Å². The predicted octanol–water partition coefficient (Wildman–Crippen LogP) is 2.48. The molecule has 0 aliphatic carbocycles. The van der Waals surface area contributed by atoms with Crippen molar-refractivity contribution in [3.63, 3.8) is 0 Å². The van der Waals surface area contributed by atoms with Crippen LogP contribution in [0, 0.1) is 6.92 Å². The van der Waals surface area contributed by atoms with Crippen molar-refractivity contribution in [3.05, 3.63) is 17.0 Å². The summed E-state index contributed by atoms with van der Waals surface area (Å²) in [5.74, 6) is 0.626. The summed E-state index contributed by atoms with van der Waals surface area (Å²) < 4.78 is 5.01. The van der Waals surface area contributed by atoms with E-state index in [0.29, 0.717) is 11.3 Å². The summed E-state index contributed by atoms with van der Waals surface area (Å²) in [6.45, 7) is 9.33. The van der Waals surface area contributed by atoms with Crippen molar-refractivity contribution >= 4 is 5.78 Å². The summed E-state index contributed by atoms with van der Waals surface area (Å²) in [5.41, 5.74) is 1.24. The standard InChI is InChI=1S/C10H15NO2/c1-6(12)8-7(2)13-11-9(8)10(3,4)5/h1-5H3. The van der Waals surface area contributed by atoms with E-state index in [1.165, 1.54) is 6.92 Å². The highest BCUT2D eigenvalue weighted by Crippen LogP contribution is 2.26. The molecule has 3 nitrogen and oxygen atoms in total. The lowest BCUT2D eigenvalue weighted by molar-refractivity contribution is 0.101. The van der Waals surface area contributed by atoms with Gasteiger partial charge < -0.3 is 4.52 Å². The Hall–Kier alpha value is -1.12. The first-order chi connectivity index (χ1) is 5.84. The highest BCUT2D eigenvalue weighted by Gasteiger charge is 2.26. The maximum Gasteiger partial charge on any atom is 0.165 e. The zero-order valence-corrected chi connectivity index (χ0v) is 8.76. The molecule has 13 heavy (non-hydrogen) atoms. The quantitative estimate of drug-likeness (QED) is 0.625. The molecule has 0 atom stereocenters. The monoisotopic (exact) mass is 181 g/mol. The molecule has 0 N–H and O–H groups in total. The summed E-state index contributed by atoms with van der Waals surface area (Å²) in [7, 11) is 0. The average molecular weight is 181 g/mol. The van der Waals surface area contributed by atoms with Gasteiger partial charge in [0, 0.05) is 5.41 Å². The molecule has 0 saturated heterocycles. The molecule has 0 amide bonds. The molecule has 3 heteroatoms. The Balaban J connectivity index is 3.31. The van der Waals surface area contributed by atoms with Gasteiger partial charge in [0.15, 0.2) is 5.78 Å². The Kier molecular flexibility index (Phi) is 2.28. The third-order valence-corrected chi connectivity index (χ3v) is 1.93. The SMILES string of the molecule is CC(=O)c1c(C(C)(C)C)noc1C. The normalized spacial score (nSPS) is 11.8. The first-order valence-electron chi connectivity index (χ1n) is 4.31. The first-order valence-corrected chi connectivity index (χ1v) is 4.31. The molecule has 0 aliphatic rings. The summed E-state index contributed by atoms with van der Waals surface area (Å²) >= 11 is 0. The molecule has 0 radical (unpaired) electrons. The van der Waals surface area contributed by atoms with Crippen LogP contribution in [0.25, 0.3) is 0 Å². The van der Waals surface area contributed by atoms with Crippen LogP contribution in [-0.2, 0) is 5.41 Å². The Labute approximate surface area is 78.1 Å². The number of carbonyl (C=O) groups is 1. The molecule has 0 aromatic carbocycles. The van der Waals surface area contributed by atoms with Gasteiger partial charge in [-0.3, -0.25) is 4.79 Å². The summed E-state index contributed by atoms with van der Waals surface area (Å²) in [4.78, 5) is 11.3. The molecule has 1 heterocycles. The summed E-state index contributed by atoms with van der Waals surface area (Å²) in [6, 6.07) is 0. The van der Waals surface area contributed by atoms with Crippen molar-refractivity contribution in [1.29, 1.82) is 0 Å². The van der Waals surface area contributed by atoms with E-state index in [0.717, 1.165) is 5.69 Å². The van der Waals surface area contributed by atoms with Crippen LogP contribution in [0.2, 0.25) is 0 Å². The van der Waals surface area contributed by atoms with Crippen molar-refractivity contribution in [1.82, 2.24) is 5.16 Å². The van der Waals surface area contributed by atoms with Gasteiger partial charge in [0.25, 0.3) is 0 Å². The molecule has 1 aromatic heterocycles. The third kappa shape index (κ3) is 1.79. The molecule has 0 aliphatic heterocycles. The minimum absolute atomic E-state index is 0.0173. The van der Waals surface area contributed by atoms with Crippen LogP contribution in [0.15, 0.2) is 4.52 Å². The Morgan fingerprint density at radius 1 is 1.38 bits per heavy atom. The Morgan fingerprint density at radius 3 is 2.23 bits per heavy atom. The lowest BCUT2D eigenvalue weighted by Crippen LogP contribution is -2.16. The van der Waals surface area contributed by atoms with Gasteiger partial charge in [-0.05, 0) is 13.8 Å². The van der Waals surface area contributed by atoms with Crippen LogP contribution >= 0.6 is 0 Å². The summed E-state index contributed by atoms with van der Waals surface area (Å²) in [5, 5.41) is 3.91. The Morgan fingerprint density at radius 2 is 1.92 bits per heavy atom. The van der Waals surface area contributed by atoms with Gasteiger partial charge in [-0.25, -0.2) is 0 Å². The maximum absolute atomic E-state index is 11.3. The minimum Gasteiger partial charge on any atom is -0.361 e. The van der Waals surface area contributed by atoms with Gasteiger partial charge in [0.05, 0.1) is 11.3 Å². The fourth-order valence-corrected chi connectivity index (χ4v) is 1.30. The lowest BCUT2D eigenvalue weighted by atomic mass is 9.88. The van der Waals surface area contributed by atoms with Crippen LogP contribution in [-0.4, -0.2) is 10.9 Å². The largest absolute Gasteiger partial charge is 0.361 e. The van der Waals surface area contributed by atoms with Gasteiger partial charge in [0.2, 0.25) is 0 Å². The fraction of sp³-hybridized carbons (Fsp3) is 0.600. The molecule has 0 unspecified atom stereocenters. The van der Waals surface area contributed by atoms with Crippen LogP contribution in [0.4, 0.5) is 0 Å². The number of nitrogens with zero attached hydrogens (tertiary/aromatic N) is 1. The molecular formula is C10H15NO2. The molecular weight excluding hydrogens is 166 g/mol. The number of aromatic nitrogens is 1. The number of hydrogen-bond donors (Lipinski definition) is 0. The van der Waals surface area contributed by atoms with Crippen LogP contribution in [0.5, 0.6) is 0 Å². The Bertz CT molecular complexity index is 331. The molecule has 0 saturated carbocycles. The molecule has 1 aromatic rings. The highest BCUT2D eigenvalue weighted by molar-refractivity contribution is 5.96. The van der Waals surface area contributed by atoms with Gasteiger partial charge in [-0.15, -0.1) is 0 Å². The van der Waals surface area contributed by atoms with E-state index in [-0.39, 0.29) is 11.2 Å². The molecule has 72 valence electrons. The van der Waals surface area contributed by atoms with Crippen molar-refractivity contribution in [3.8, 4) is 0 Å². The molecule has 0 fully saturated rings. The van der Waals surface area contributed by atoms with E-state index in [9.17, 15) is 4.79 Å². The van der Waals surface area contributed by atoms with Crippen molar-refractivity contribution in [2.45, 2.75) is 40.0 Å². The molecule has 1 rings (SSSR count). The molecule has 0 bridgehead atoms. The number of carbonyl (C=O) groups excluding carboxylic acids is 1.